The van der Waals surface area contributed by atoms with Gasteiger partial charge in [0.05, 0.1) is 0 Å². The van der Waals surface area contributed by atoms with E-state index in [4.69, 9.17) is 4.42 Å². The molecule has 1 aromatic heterocycles. The second-order valence-corrected chi connectivity index (χ2v) is 4.71. The Bertz CT molecular complexity index is 608. The maximum Gasteiger partial charge on any atom is 0.202 e. The van der Waals surface area contributed by atoms with Crippen LogP contribution in [0.5, 0.6) is 0 Å². The number of benzene rings is 1. The van der Waals surface area contributed by atoms with E-state index < -0.39 is 0 Å². The zero-order valence-electron chi connectivity index (χ0n) is 11.1. The van der Waals surface area contributed by atoms with Crippen molar-refractivity contribution in [2.75, 3.05) is 0 Å². The average molecular weight is 256 g/mol. The fourth-order valence-corrected chi connectivity index (χ4v) is 1.99. The van der Waals surface area contributed by atoms with E-state index in [0.29, 0.717) is 18.6 Å². The lowest BCUT2D eigenvalue weighted by Gasteiger charge is -2.02. The maximum atomic E-state index is 12.0. The molecule has 0 saturated heterocycles. The first-order chi connectivity index (χ1) is 9.04. The third-order valence-corrected chi connectivity index (χ3v) is 2.82. The Morgan fingerprint density at radius 1 is 1.05 bits per heavy atom. The first kappa shape index (κ1) is 13.3. The van der Waals surface area contributed by atoms with E-state index in [1.807, 2.05) is 31.2 Å². The van der Waals surface area contributed by atoms with E-state index in [1.165, 1.54) is 0 Å². The molecule has 0 fully saturated rings. The third kappa shape index (κ3) is 3.65. The van der Waals surface area contributed by atoms with Crippen LogP contribution in [0, 0.1) is 6.92 Å². The number of Topliss-reactive ketones (excluding diaryl/α,β-unsaturated/α-hetero) is 2. The van der Waals surface area contributed by atoms with Gasteiger partial charge in [0.1, 0.15) is 11.5 Å². The first-order valence-corrected chi connectivity index (χ1v) is 6.21. The molecule has 3 heteroatoms. The SMILES string of the molecule is CC(=O)Cc1cccc(CC(=O)c2ccc(C)o2)c1. The van der Waals surface area contributed by atoms with E-state index >= 15 is 0 Å². The van der Waals surface area contributed by atoms with Gasteiger partial charge in [-0.15, -0.1) is 0 Å². The zero-order chi connectivity index (χ0) is 13.8. The molecule has 2 aromatic rings. The molecule has 1 aromatic carbocycles. The van der Waals surface area contributed by atoms with Crippen molar-refractivity contribution in [3.63, 3.8) is 0 Å². The standard InChI is InChI=1S/C16H16O3/c1-11(17)8-13-4-3-5-14(9-13)10-15(18)16-7-6-12(2)19-16/h3-7,9H,8,10H2,1-2H3. The number of furan rings is 1. The molecular formula is C16H16O3. The third-order valence-electron chi connectivity index (χ3n) is 2.82. The van der Waals surface area contributed by atoms with Gasteiger partial charge in [-0.25, -0.2) is 0 Å². The molecule has 0 atom stereocenters. The highest BCUT2D eigenvalue weighted by molar-refractivity contribution is 5.95. The number of hydrogen-bond donors (Lipinski definition) is 0. The molecule has 0 N–H and O–H groups in total. The van der Waals surface area contributed by atoms with Gasteiger partial charge in [-0.2, -0.15) is 0 Å². The van der Waals surface area contributed by atoms with Crippen molar-refractivity contribution in [2.24, 2.45) is 0 Å². The largest absolute Gasteiger partial charge is 0.458 e. The van der Waals surface area contributed by atoms with Crippen molar-refractivity contribution in [3.05, 3.63) is 59.0 Å². The first-order valence-electron chi connectivity index (χ1n) is 6.21. The number of aryl methyl sites for hydroxylation is 1. The number of carbonyl (C=O) groups is 2. The summed E-state index contributed by atoms with van der Waals surface area (Å²) in [6, 6.07) is 11.0. The number of ketones is 2. The van der Waals surface area contributed by atoms with Gasteiger partial charge in [0, 0.05) is 12.8 Å². The maximum absolute atomic E-state index is 12.0. The molecule has 1 heterocycles. The van der Waals surface area contributed by atoms with E-state index in [9.17, 15) is 9.59 Å². The molecule has 19 heavy (non-hydrogen) atoms. The van der Waals surface area contributed by atoms with Crippen molar-refractivity contribution in [1.82, 2.24) is 0 Å². The quantitative estimate of drug-likeness (QED) is 0.772. The molecule has 0 unspecified atom stereocenters. The topological polar surface area (TPSA) is 47.3 Å². The fourth-order valence-electron chi connectivity index (χ4n) is 1.99. The van der Waals surface area contributed by atoms with E-state index in [2.05, 4.69) is 0 Å². The monoisotopic (exact) mass is 256 g/mol. The van der Waals surface area contributed by atoms with Crippen LogP contribution < -0.4 is 0 Å². The molecule has 98 valence electrons. The van der Waals surface area contributed by atoms with Gasteiger partial charge < -0.3 is 4.42 Å². The zero-order valence-corrected chi connectivity index (χ0v) is 11.1. The van der Waals surface area contributed by atoms with Crippen LogP contribution in [0.2, 0.25) is 0 Å². The summed E-state index contributed by atoms with van der Waals surface area (Å²) in [4.78, 5) is 23.1. The highest BCUT2D eigenvalue weighted by Gasteiger charge is 2.11. The van der Waals surface area contributed by atoms with Crippen molar-refractivity contribution >= 4 is 11.6 Å². The lowest BCUT2D eigenvalue weighted by atomic mass is 10.0. The van der Waals surface area contributed by atoms with Crippen LogP contribution in [0.4, 0.5) is 0 Å². The Hall–Kier alpha value is -2.16. The minimum atomic E-state index is -0.0481. The predicted octanol–water partition coefficient (Wildman–Crippen LogP) is 3.14. The summed E-state index contributed by atoms with van der Waals surface area (Å²) >= 11 is 0. The summed E-state index contributed by atoms with van der Waals surface area (Å²) < 4.78 is 5.31. The van der Waals surface area contributed by atoms with Gasteiger partial charge in [0.2, 0.25) is 5.78 Å². The van der Waals surface area contributed by atoms with Crippen molar-refractivity contribution in [2.45, 2.75) is 26.7 Å². The Kier molecular flexibility index (Phi) is 3.95. The highest BCUT2D eigenvalue weighted by atomic mass is 16.3. The van der Waals surface area contributed by atoms with Crippen LogP contribution in [0.1, 0.15) is 34.4 Å². The van der Waals surface area contributed by atoms with E-state index in [-0.39, 0.29) is 11.6 Å². The summed E-state index contributed by atoms with van der Waals surface area (Å²) in [7, 11) is 0. The normalized spacial score (nSPS) is 10.4. The van der Waals surface area contributed by atoms with Crippen molar-refractivity contribution in [3.8, 4) is 0 Å². The molecule has 0 bridgehead atoms. The van der Waals surface area contributed by atoms with E-state index in [0.717, 1.165) is 16.9 Å². The lowest BCUT2D eigenvalue weighted by Crippen LogP contribution is -2.03. The van der Waals surface area contributed by atoms with Crippen LogP contribution in [0.15, 0.2) is 40.8 Å². The fraction of sp³-hybridized carbons (Fsp3) is 0.250. The number of rotatable bonds is 5. The average Bonchev–Trinajstić information content (AvgIpc) is 2.75. The van der Waals surface area contributed by atoms with Gasteiger partial charge >= 0.3 is 0 Å². The molecule has 0 aliphatic heterocycles. The second kappa shape index (κ2) is 5.65. The molecule has 2 rings (SSSR count). The smallest absolute Gasteiger partial charge is 0.202 e. The summed E-state index contributed by atoms with van der Waals surface area (Å²) in [6.07, 6.45) is 0.695. The molecule has 0 amide bonds. The predicted molar refractivity (Wildman–Crippen MR) is 72.3 cm³/mol. The molecule has 0 aliphatic rings. The van der Waals surface area contributed by atoms with Gasteiger partial charge in [-0.1, -0.05) is 24.3 Å². The Morgan fingerprint density at radius 3 is 2.32 bits per heavy atom. The minimum Gasteiger partial charge on any atom is -0.458 e. The molecular weight excluding hydrogens is 240 g/mol. The Morgan fingerprint density at radius 2 is 1.74 bits per heavy atom. The summed E-state index contributed by atoms with van der Waals surface area (Å²) in [5, 5.41) is 0. The Balaban J connectivity index is 2.10. The van der Waals surface area contributed by atoms with Gasteiger partial charge in [0.15, 0.2) is 5.76 Å². The van der Waals surface area contributed by atoms with Crippen LogP contribution in [-0.4, -0.2) is 11.6 Å². The van der Waals surface area contributed by atoms with E-state index in [1.54, 1.807) is 19.1 Å². The van der Waals surface area contributed by atoms with Crippen LogP contribution in [0.25, 0.3) is 0 Å². The van der Waals surface area contributed by atoms with Crippen molar-refractivity contribution in [1.29, 1.82) is 0 Å². The van der Waals surface area contributed by atoms with Gasteiger partial charge in [0.25, 0.3) is 0 Å². The molecule has 0 aliphatic carbocycles. The van der Waals surface area contributed by atoms with Crippen LogP contribution in [-0.2, 0) is 17.6 Å². The number of hydrogen-bond acceptors (Lipinski definition) is 3. The van der Waals surface area contributed by atoms with Gasteiger partial charge in [-0.3, -0.25) is 9.59 Å². The minimum absolute atomic E-state index is 0.0481. The molecule has 0 saturated carbocycles. The summed E-state index contributed by atoms with van der Waals surface area (Å²) in [6.45, 7) is 3.37. The Labute approximate surface area is 112 Å². The lowest BCUT2D eigenvalue weighted by molar-refractivity contribution is -0.116. The summed E-state index contributed by atoms with van der Waals surface area (Å²) in [5.41, 5.74) is 1.84. The van der Waals surface area contributed by atoms with Crippen molar-refractivity contribution < 1.29 is 14.0 Å². The number of carbonyl (C=O) groups excluding carboxylic acids is 2. The molecule has 3 nitrogen and oxygen atoms in total. The summed E-state index contributed by atoms with van der Waals surface area (Å²) in [5.74, 6) is 1.18. The second-order valence-electron chi connectivity index (χ2n) is 4.71. The molecule has 0 radical (unpaired) electrons. The van der Waals surface area contributed by atoms with Crippen LogP contribution in [0.3, 0.4) is 0 Å². The highest BCUT2D eigenvalue weighted by Crippen LogP contribution is 2.13. The van der Waals surface area contributed by atoms with Crippen LogP contribution >= 0.6 is 0 Å². The van der Waals surface area contributed by atoms with Gasteiger partial charge in [-0.05, 0) is 37.1 Å². The molecule has 0 spiro atoms.